The number of carbonyl (C=O) groups excluding carboxylic acids is 2. The highest BCUT2D eigenvalue weighted by Crippen LogP contribution is 2.29. The smallest absolute Gasteiger partial charge is 0.337 e. The number of amides is 3. The molecule has 0 aliphatic rings. The van der Waals surface area contributed by atoms with E-state index in [0.717, 1.165) is 0 Å². The summed E-state index contributed by atoms with van der Waals surface area (Å²) in [4.78, 5) is 34.5. The molecule has 142 valence electrons. The molecule has 0 saturated carbocycles. The second-order valence-corrected chi connectivity index (χ2v) is 5.31. The number of rotatable bonds is 5. The first-order valence-electron chi connectivity index (χ1n) is 7.70. The van der Waals surface area contributed by atoms with Gasteiger partial charge in [-0.25, -0.2) is 10.2 Å². The molecule has 0 aliphatic carbocycles. The van der Waals surface area contributed by atoms with Gasteiger partial charge in [-0.15, -0.1) is 0 Å². The summed E-state index contributed by atoms with van der Waals surface area (Å²) in [5.41, 5.74) is 4.88. The average molecular weight is 374 g/mol. The van der Waals surface area contributed by atoms with Gasteiger partial charge in [-0.3, -0.25) is 20.3 Å². The van der Waals surface area contributed by atoms with E-state index in [1.54, 1.807) is 18.2 Å². The van der Waals surface area contributed by atoms with Crippen LogP contribution in [-0.4, -0.2) is 31.1 Å². The van der Waals surface area contributed by atoms with Crippen molar-refractivity contribution in [2.24, 2.45) is 0 Å². The summed E-state index contributed by atoms with van der Waals surface area (Å²) in [6, 6.07) is 8.15. The first kappa shape index (κ1) is 19.5. The van der Waals surface area contributed by atoms with Gasteiger partial charge in [-0.05, 0) is 25.1 Å². The van der Waals surface area contributed by atoms with Crippen LogP contribution < -0.4 is 25.6 Å². The Morgan fingerprint density at radius 1 is 1.04 bits per heavy atom. The number of hydrazine groups is 1. The van der Waals surface area contributed by atoms with Crippen LogP contribution in [0, 0.1) is 17.0 Å². The van der Waals surface area contributed by atoms with Crippen molar-refractivity contribution >= 4 is 23.3 Å². The van der Waals surface area contributed by atoms with Gasteiger partial charge in [-0.2, -0.15) is 0 Å². The fourth-order valence-corrected chi connectivity index (χ4v) is 2.32. The third-order valence-corrected chi connectivity index (χ3v) is 3.68. The number of nitrogens with zero attached hydrogens (tertiary/aromatic N) is 1. The van der Waals surface area contributed by atoms with Gasteiger partial charge in [0.1, 0.15) is 0 Å². The van der Waals surface area contributed by atoms with Gasteiger partial charge in [0.05, 0.1) is 24.7 Å². The number of carbonyl (C=O) groups is 2. The van der Waals surface area contributed by atoms with E-state index in [0.29, 0.717) is 17.2 Å². The van der Waals surface area contributed by atoms with Crippen molar-refractivity contribution < 1.29 is 24.0 Å². The van der Waals surface area contributed by atoms with Crippen LogP contribution in [0.1, 0.15) is 15.9 Å². The molecule has 0 fully saturated rings. The average Bonchev–Trinajstić information content (AvgIpc) is 2.65. The Hall–Kier alpha value is -3.82. The molecule has 3 amide bonds. The van der Waals surface area contributed by atoms with Crippen molar-refractivity contribution in [2.75, 3.05) is 19.5 Å². The highest BCUT2D eigenvalue weighted by Gasteiger charge is 2.18. The first-order chi connectivity index (χ1) is 12.9. The monoisotopic (exact) mass is 374 g/mol. The SMILES string of the molecule is COc1ccc(NC(=O)NNC(=O)c2cccc([N+](=O)[O-])c2C)cc1OC. The van der Waals surface area contributed by atoms with Crippen LogP contribution in [0.5, 0.6) is 11.5 Å². The third kappa shape index (κ3) is 4.63. The van der Waals surface area contributed by atoms with E-state index in [1.807, 2.05) is 0 Å². The second kappa shape index (κ2) is 8.52. The summed E-state index contributed by atoms with van der Waals surface area (Å²) < 4.78 is 10.2. The Bertz CT molecular complexity index is 884. The van der Waals surface area contributed by atoms with E-state index in [-0.39, 0.29) is 16.8 Å². The lowest BCUT2D eigenvalue weighted by atomic mass is 10.1. The fourth-order valence-electron chi connectivity index (χ4n) is 2.32. The Kier molecular flexibility index (Phi) is 6.15. The largest absolute Gasteiger partial charge is 0.493 e. The highest BCUT2D eigenvalue weighted by molar-refractivity contribution is 5.98. The maximum Gasteiger partial charge on any atom is 0.337 e. The minimum absolute atomic E-state index is 0.0793. The number of methoxy groups -OCH3 is 2. The van der Waals surface area contributed by atoms with Gasteiger partial charge in [0, 0.05) is 23.4 Å². The molecule has 0 bridgehead atoms. The maximum absolute atomic E-state index is 12.2. The molecule has 3 N–H and O–H groups in total. The van der Waals surface area contributed by atoms with Gasteiger partial charge >= 0.3 is 6.03 Å². The number of nitrogens with one attached hydrogen (secondary N) is 3. The molecule has 27 heavy (non-hydrogen) atoms. The van der Waals surface area contributed by atoms with Crippen LogP contribution in [0.15, 0.2) is 36.4 Å². The number of benzene rings is 2. The molecule has 10 nitrogen and oxygen atoms in total. The lowest BCUT2D eigenvalue weighted by Crippen LogP contribution is -2.44. The van der Waals surface area contributed by atoms with Gasteiger partial charge < -0.3 is 14.8 Å². The molecular weight excluding hydrogens is 356 g/mol. The van der Waals surface area contributed by atoms with Gasteiger partial charge in [0.15, 0.2) is 11.5 Å². The molecule has 2 rings (SSSR count). The van der Waals surface area contributed by atoms with Crippen LogP contribution in [0.25, 0.3) is 0 Å². The summed E-state index contributed by atoms with van der Waals surface area (Å²) >= 11 is 0. The van der Waals surface area contributed by atoms with Crippen molar-refractivity contribution in [3.8, 4) is 11.5 Å². The van der Waals surface area contributed by atoms with Crippen molar-refractivity contribution in [1.82, 2.24) is 10.9 Å². The van der Waals surface area contributed by atoms with Gasteiger partial charge in [0.25, 0.3) is 11.6 Å². The van der Waals surface area contributed by atoms with Gasteiger partial charge in [-0.1, -0.05) is 6.07 Å². The van der Waals surface area contributed by atoms with E-state index in [4.69, 9.17) is 9.47 Å². The number of hydrogen-bond donors (Lipinski definition) is 3. The lowest BCUT2D eigenvalue weighted by Gasteiger charge is -2.12. The zero-order valence-corrected chi connectivity index (χ0v) is 14.9. The van der Waals surface area contributed by atoms with Crippen LogP contribution in [0.3, 0.4) is 0 Å². The second-order valence-electron chi connectivity index (χ2n) is 5.31. The van der Waals surface area contributed by atoms with E-state index < -0.39 is 16.9 Å². The standard InChI is InChI=1S/C17H18N4O6/c1-10-12(5-4-6-13(10)21(24)25)16(22)19-20-17(23)18-11-7-8-14(26-2)15(9-11)27-3/h4-9H,1-3H3,(H,19,22)(H2,18,20,23). The van der Waals surface area contributed by atoms with Crippen molar-refractivity contribution in [1.29, 1.82) is 0 Å². The van der Waals surface area contributed by atoms with Crippen molar-refractivity contribution in [3.05, 3.63) is 57.6 Å². The molecule has 0 aliphatic heterocycles. The van der Waals surface area contributed by atoms with Crippen LogP contribution in [0.2, 0.25) is 0 Å². The normalized spacial score (nSPS) is 9.89. The summed E-state index contributed by atoms with van der Waals surface area (Å²) in [5.74, 6) is 0.239. The molecule has 0 radical (unpaired) electrons. The number of anilines is 1. The molecule has 0 spiro atoms. The van der Waals surface area contributed by atoms with E-state index in [9.17, 15) is 19.7 Å². The van der Waals surface area contributed by atoms with Crippen LogP contribution in [-0.2, 0) is 0 Å². The number of ether oxygens (including phenoxy) is 2. The predicted octanol–water partition coefficient (Wildman–Crippen LogP) is 2.39. The Morgan fingerprint density at radius 2 is 1.74 bits per heavy atom. The molecule has 2 aromatic rings. The molecular formula is C17H18N4O6. The fraction of sp³-hybridized carbons (Fsp3) is 0.176. The zero-order valence-electron chi connectivity index (χ0n) is 14.9. The van der Waals surface area contributed by atoms with Crippen LogP contribution >= 0.6 is 0 Å². The number of hydrogen-bond acceptors (Lipinski definition) is 6. The topological polar surface area (TPSA) is 132 Å². The minimum atomic E-state index is -0.710. The molecule has 0 saturated heterocycles. The van der Waals surface area contributed by atoms with Crippen molar-refractivity contribution in [2.45, 2.75) is 6.92 Å². The molecule has 0 heterocycles. The Morgan fingerprint density at radius 3 is 2.37 bits per heavy atom. The first-order valence-corrected chi connectivity index (χ1v) is 7.70. The summed E-state index contributed by atoms with van der Waals surface area (Å²) in [6.45, 7) is 1.46. The van der Waals surface area contributed by atoms with E-state index >= 15 is 0 Å². The maximum atomic E-state index is 12.2. The Balaban J connectivity index is 2.01. The summed E-state index contributed by atoms with van der Waals surface area (Å²) in [7, 11) is 2.95. The van der Waals surface area contributed by atoms with E-state index in [2.05, 4.69) is 16.2 Å². The summed E-state index contributed by atoms with van der Waals surface area (Å²) in [6.07, 6.45) is 0. The van der Waals surface area contributed by atoms with Crippen molar-refractivity contribution in [3.63, 3.8) is 0 Å². The highest BCUT2D eigenvalue weighted by atomic mass is 16.6. The van der Waals surface area contributed by atoms with E-state index in [1.165, 1.54) is 39.3 Å². The molecule has 0 aromatic heterocycles. The molecule has 2 aromatic carbocycles. The third-order valence-electron chi connectivity index (χ3n) is 3.68. The van der Waals surface area contributed by atoms with Crippen LogP contribution in [0.4, 0.5) is 16.2 Å². The zero-order chi connectivity index (χ0) is 20.0. The lowest BCUT2D eigenvalue weighted by molar-refractivity contribution is -0.385. The number of nitro benzene ring substituents is 1. The molecule has 0 atom stereocenters. The Labute approximate surface area is 154 Å². The predicted molar refractivity (Wildman–Crippen MR) is 97.0 cm³/mol. The molecule has 0 unspecified atom stereocenters. The number of nitro groups is 1. The number of urea groups is 1. The minimum Gasteiger partial charge on any atom is -0.493 e. The quantitative estimate of drug-likeness (QED) is 0.544. The summed E-state index contributed by atoms with van der Waals surface area (Å²) in [5, 5.41) is 13.4. The molecule has 10 heteroatoms. The van der Waals surface area contributed by atoms with Gasteiger partial charge in [0.2, 0.25) is 0 Å².